The summed E-state index contributed by atoms with van der Waals surface area (Å²) in [5, 5.41) is 0. The smallest absolute Gasteiger partial charge is 0.194 e. The molecule has 0 aromatic heterocycles. The van der Waals surface area contributed by atoms with Crippen LogP contribution in [0.2, 0.25) is 0 Å². The van der Waals surface area contributed by atoms with Crippen LogP contribution in [0.15, 0.2) is 152 Å². The minimum atomic E-state index is -6.13. The molecule has 0 aliphatic heterocycles. The van der Waals surface area contributed by atoms with Crippen molar-refractivity contribution in [2.24, 2.45) is 0 Å². The van der Waals surface area contributed by atoms with E-state index in [-0.39, 0.29) is 0 Å². The summed E-state index contributed by atoms with van der Waals surface area (Å²) in [4.78, 5) is 0. The maximum absolute atomic E-state index is 14.2. The first kappa shape index (κ1) is 70.1. The van der Waals surface area contributed by atoms with Crippen LogP contribution in [0.25, 0.3) is 0 Å². The second kappa shape index (κ2) is 27.0. The van der Waals surface area contributed by atoms with Crippen LogP contribution in [0.3, 0.4) is 0 Å². The minimum Gasteiger partial charge on any atom is -0.194 e. The van der Waals surface area contributed by atoms with Crippen molar-refractivity contribution >= 4 is 55.3 Å². The summed E-state index contributed by atoms with van der Waals surface area (Å²) < 4.78 is 368. The maximum Gasteiger partial charge on any atom is 0.416 e. The molecule has 0 saturated heterocycles. The van der Waals surface area contributed by atoms with Gasteiger partial charge in [0, 0.05) is 0 Å². The normalized spacial score (nSPS) is 13.1. The number of hydrogen-bond acceptors (Lipinski definition) is 4. The van der Waals surface area contributed by atoms with Gasteiger partial charge in [0.25, 0.3) is 0 Å². The molecule has 0 aliphatic rings. The van der Waals surface area contributed by atoms with Crippen molar-refractivity contribution in [3.8, 4) is 11.5 Å². The molecule has 7 aromatic carbocycles. The van der Waals surface area contributed by atoms with Crippen LogP contribution in [0.4, 0.5) is 105 Å². The van der Waals surface area contributed by atoms with Crippen molar-refractivity contribution in [2.45, 2.75) is 63.3 Å². The van der Waals surface area contributed by atoms with Crippen LogP contribution in [-0.4, -0.2) is 59.7 Å². The Hall–Kier alpha value is -7.04. The Kier molecular flexibility index (Phi) is 21.5. The first-order chi connectivity index (χ1) is 40.6. The molecule has 0 N–H and O–H groups in total. The van der Waals surface area contributed by atoms with E-state index in [1.54, 1.807) is 0 Å². The summed E-state index contributed by atoms with van der Waals surface area (Å²) in [5.41, 5.74) is -30.2. The molecule has 0 saturated carbocycles. The van der Waals surface area contributed by atoms with E-state index >= 15 is 0 Å². The number of para-hydroxylation sites is 2. The summed E-state index contributed by atoms with van der Waals surface area (Å²) in [6, 6.07) is 18.6. The van der Waals surface area contributed by atoms with E-state index in [1.165, 1.54) is 13.4 Å². The van der Waals surface area contributed by atoms with Gasteiger partial charge in [0.05, 0.1) is 44.5 Å². The fourth-order valence-corrected chi connectivity index (χ4v) is 13.9. The number of rotatable bonds is 17. The fourth-order valence-electron chi connectivity index (χ4n) is 9.19. The number of halogens is 24. The molecule has 0 unspecified atom stereocenters. The number of hydrogen-bond donors (Lipinski definition) is 0. The van der Waals surface area contributed by atoms with Crippen molar-refractivity contribution in [1.82, 2.24) is 0 Å². The van der Waals surface area contributed by atoms with Gasteiger partial charge in [-0.25, -0.2) is 0 Å². The second-order valence-electron chi connectivity index (χ2n) is 18.8. The molecule has 0 atom stereocenters. The molecule has 88 heavy (non-hydrogen) atoms. The average molecular weight is 1350 g/mol. The van der Waals surface area contributed by atoms with Gasteiger partial charge in [-0.3, -0.25) is 0 Å². The third-order valence-electron chi connectivity index (χ3n) is 12.9. The molecule has 0 radical (unpaired) electrons. The molecular formula is C58H43BF24O4Se. The third kappa shape index (κ3) is 17.2. The number of ether oxygens (including phenoxy) is 4. The molecule has 7 aromatic rings. The monoisotopic (exact) mass is 1350 g/mol. The Bertz CT molecular complexity index is 2980. The van der Waals surface area contributed by atoms with E-state index in [0.717, 1.165) is 11.5 Å². The van der Waals surface area contributed by atoms with E-state index in [1.807, 2.05) is 26.0 Å². The summed E-state index contributed by atoms with van der Waals surface area (Å²) in [5.74, 6) is 1.83. The molecule has 0 heterocycles. The average Bonchev–Trinajstić information content (AvgIpc) is 0.731. The van der Waals surface area contributed by atoms with Crippen LogP contribution in [0.1, 0.15) is 58.4 Å². The maximum atomic E-state index is 14.2. The zero-order valence-corrected chi connectivity index (χ0v) is 46.6. The largest absolute Gasteiger partial charge is 0.416 e. The topological polar surface area (TPSA) is 36.9 Å². The molecule has 30 heteroatoms. The first-order valence-corrected chi connectivity index (χ1v) is 27.9. The van der Waals surface area contributed by atoms with Gasteiger partial charge >= 0.3 is 239 Å². The third-order valence-corrected chi connectivity index (χ3v) is 17.8. The van der Waals surface area contributed by atoms with E-state index < -0.39 is 209 Å². The quantitative estimate of drug-likeness (QED) is 0.0517. The molecule has 0 aliphatic carbocycles. The SMILES string of the molecule is CCOCCOc1ccccc1[Se+](c1ccccc1)c1ccccc1OCCOCC.FC(F)(F)c1cc([B-](c2cc(C(F)(F)F)cc(C(F)(F)F)c2)(c2cc(C(F)(F)F)cc(C(F)(F)F)c2)c2cc(C(F)(F)F)cc(C(F)(F)F)c2)cc(C(F)(F)F)c1. The van der Waals surface area contributed by atoms with Crippen LogP contribution < -0.4 is 44.7 Å². The van der Waals surface area contributed by atoms with Crippen molar-refractivity contribution < 1.29 is 124 Å². The van der Waals surface area contributed by atoms with Crippen molar-refractivity contribution in [2.75, 3.05) is 39.6 Å². The van der Waals surface area contributed by atoms with Gasteiger partial charge in [0.15, 0.2) is 0 Å². The van der Waals surface area contributed by atoms with Crippen LogP contribution in [0.5, 0.6) is 11.5 Å². The fraction of sp³-hybridized carbons (Fsp3) is 0.276. The molecule has 476 valence electrons. The van der Waals surface area contributed by atoms with Gasteiger partial charge in [0.1, 0.15) is 6.15 Å². The standard InChI is InChI=1S/C32H12BF24.C26H31O4Se/c34-25(35,36)13-1-14(26(37,38)39)6-21(5-13)33(22-7-15(27(40,41)42)2-16(8-22)28(43,44)45,23-9-17(29(46,47)48)3-18(10-23)30(49,50)51)24-11-19(31(52,53)54)4-20(12-24)32(55,56)57;1-3-27-18-20-29-23-14-8-10-16-25(23)31(22-12-6-5-7-13-22)26-17-11-9-15-24(26)30-21-19-28-4-2/h1-12H;5-17H,3-4,18-21H2,1-2H3/q-1;+1. The van der Waals surface area contributed by atoms with E-state index in [4.69, 9.17) is 18.9 Å². The second-order valence-corrected chi connectivity index (χ2v) is 22.9. The Morgan fingerprint density at radius 2 is 0.523 bits per heavy atom. The van der Waals surface area contributed by atoms with Gasteiger partial charge in [-0.2, -0.15) is 127 Å². The van der Waals surface area contributed by atoms with Crippen LogP contribution in [-0.2, 0) is 58.9 Å². The summed E-state index contributed by atoms with van der Waals surface area (Å²) >= 11 is -1.66. The number of benzene rings is 7. The molecule has 0 bridgehead atoms. The van der Waals surface area contributed by atoms with E-state index in [9.17, 15) is 105 Å². The molecule has 0 fully saturated rings. The molecule has 0 spiro atoms. The van der Waals surface area contributed by atoms with Gasteiger partial charge in [-0.1, -0.05) is 48.5 Å². The molecule has 0 amide bonds. The Labute approximate surface area is 488 Å². The summed E-state index contributed by atoms with van der Waals surface area (Å²) in [6.45, 7) is 7.60. The predicted octanol–water partition coefficient (Wildman–Crippen LogP) is 14.2. The summed E-state index contributed by atoms with van der Waals surface area (Å²) in [7, 11) is 0. The van der Waals surface area contributed by atoms with Crippen molar-refractivity contribution in [1.29, 1.82) is 0 Å². The van der Waals surface area contributed by atoms with Crippen LogP contribution >= 0.6 is 0 Å². The van der Waals surface area contributed by atoms with Gasteiger partial charge in [0.2, 0.25) is 0 Å². The van der Waals surface area contributed by atoms with Crippen LogP contribution in [0, 0.1) is 0 Å². The Morgan fingerprint density at radius 1 is 0.295 bits per heavy atom. The van der Waals surface area contributed by atoms with Gasteiger partial charge in [-0.05, 0) is 24.3 Å². The zero-order chi connectivity index (χ0) is 65.6. The summed E-state index contributed by atoms with van der Waals surface area (Å²) in [6.07, 6.45) is -54.8. The van der Waals surface area contributed by atoms with Gasteiger partial charge in [-0.15, -0.1) is 0 Å². The van der Waals surface area contributed by atoms with Crippen molar-refractivity contribution in [3.05, 3.63) is 196 Å². The van der Waals surface area contributed by atoms with Crippen molar-refractivity contribution in [3.63, 3.8) is 0 Å². The molecule has 4 nitrogen and oxygen atoms in total. The van der Waals surface area contributed by atoms with E-state index in [2.05, 4.69) is 66.7 Å². The predicted molar refractivity (Wildman–Crippen MR) is 278 cm³/mol. The zero-order valence-electron chi connectivity index (χ0n) is 44.9. The number of alkyl halides is 24. The first-order valence-electron chi connectivity index (χ1n) is 25.4. The Balaban J connectivity index is 0.000000334. The molecular weight excluding hydrogens is 1310 g/mol. The minimum absolute atomic E-state index is 0.533. The Morgan fingerprint density at radius 3 is 0.750 bits per heavy atom. The molecule has 7 rings (SSSR count). The van der Waals surface area contributed by atoms with Gasteiger partial charge < -0.3 is 0 Å². The van der Waals surface area contributed by atoms with E-state index in [0.29, 0.717) is 39.6 Å².